The molecule has 4 nitrogen and oxygen atoms in total. The maximum absolute atomic E-state index is 12.7. The standard InChI is InChI=1S/C22H20O4/c23-21-18-12-11-17(26-22(24)16-9-5-2-6-10-16)13-20(18)25-14-19(21)15-7-3-1-4-8-15/h1,3-4,7-8,11-14,16H,2,5-6,9-10H2. The molecule has 1 heterocycles. The summed E-state index contributed by atoms with van der Waals surface area (Å²) in [4.78, 5) is 25.0. The van der Waals surface area contributed by atoms with Gasteiger partial charge in [0.2, 0.25) is 0 Å². The van der Waals surface area contributed by atoms with Crippen molar-refractivity contribution >= 4 is 16.9 Å². The number of hydrogen-bond acceptors (Lipinski definition) is 4. The number of esters is 1. The molecule has 0 aliphatic heterocycles. The van der Waals surface area contributed by atoms with Crippen LogP contribution >= 0.6 is 0 Å². The van der Waals surface area contributed by atoms with E-state index in [0.29, 0.717) is 22.3 Å². The second kappa shape index (κ2) is 7.16. The van der Waals surface area contributed by atoms with Crippen LogP contribution < -0.4 is 10.2 Å². The topological polar surface area (TPSA) is 56.5 Å². The van der Waals surface area contributed by atoms with Gasteiger partial charge in [-0.3, -0.25) is 9.59 Å². The van der Waals surface area contributed by atoms with Crippen LogP contribution in [0.1, 0.15) is 32.1 Å². The summed E-state index contributed by atoms with van der Waals surface area (Å²) in [6, 6.07) is 14.4. The van der Waals surface area contributed by atoms with Crippen molar-refractivity contribution in [3.05, 3.63) is 65.0 Å². The Bertz CT molecular complexity index is 982. The molecule has 2 aromatic carbocycles. The smallest absolute Gasteiger partial charge is 0.314 e. The molecule has 1 saturated carbocycles. The summed E-state index contributed by atoms with van der Waals surface area (Å²) in [5, 5.41) is 0.476. The third kappa shape index (κ3) is 3.27. The molecule has 26 heavy (non-hydrogen) atoms. The predicted molar refractivity (Wildman–Crippen MR) is 100 cm³/mol. The molecule has 0 atom stereocenters. The van der Waals surface area contributed by atoms with Crippen LogP contribution in [0.4, 0.5) is 0 Å². The zero-order valence-corrected chi connectivity index (χ0v) is 14.4. The number of carbonyl (C=O) groups is 1. The largest absolute Gasteiger partial charge is 0.463 e. The summed E-state index contributed by atoms with van der Waals surface area (Å²) in [6.07, 6.45) is 6.59. The van der Waals surface area contributed by atoms with Gasteiger partial charge in [-0.2, -0.15) is 0 Å². The molecule has 0 saturated heterocycles. The van der Waals surface area contributed by atoms with E-state index in [1.54, 1.807) is 18.2 Å². The van der Waals surface area contributed by atoms with Gasteiger partial charge >= 0.3 is 5.97 Å². The average molecular weight is 348 g/mol. The first kappa shape index (κ1) is 16.6. The van der Waals surface area contributed by atoms with Crippen LogP contribution in [0.25, 0.3) is 22.1 Å². The second-order valence-electron chi connectivity index (χ2n) is 6.76. The molecule has 4 heteroatoms. The predicted octanol–water partition coefficient (Wildman–Crippen LogP) is 4.95. The molecular weight excluding hydrogens is 328 g/mol. The third-order valence-electron chi connectivity index (χ3n) is 4.99. The molecule has 3 aromatic rings. The van der Waals surface area contributed by atoms with E-state index in [9.17, 15) is 9.59 Å². The summed E-state index contributed by atoms with van der Waals surface area (Å²) >= 11 is 0. The van der Waals surface area contributed by atoms with Gasteiger partial charge < -0.3 is 9.15 Å². The van der Waals surface area contributed by atoms with Gasteiger partial charge in [0.1, 0.15) is 17.6 Å². The quantitative estimate of drug-likeness (QED) is 0.496. The highest BCUT2D eigenvalue weighted by atomic mass is 16.5. The summed E-state index contributed by atoms with van der Waals surface area (Å²) < 4.78 is 11.2. The molecule has 4 rings (SSSR count). The molecule has 0 N–H and O–H groups in total. The minimum atomic E-state index is -0.188. The summed E-state index contributed by atoms with van der Waals surface area (Å²) in [7, 11) is 0. The maximum atomic E-state index is 12.7. The van der Waals surface area contributed by atoms with Gasteiger partial charge in [-0.05, 0) is 30.5 Å². The van der Waals surface area contributed by atoms with Crippen LogP contribution in [0.3, 0.4) is 0 Å². The van der Waals surface area contributed by atoms with E-state index < -0.39 is 0 Å². The third-order valence-corrected chi connectivity index (χ3v) is 4.99. The summed E-state index contributed by atoms with van der Waals surface area (Å²) in [6.45, 7) is 0. The number of benzene rings is 2. The number of hydrogen-bond donors (Lipinski definition) is 0. The Labute approximate surface area is 151 Å². The molecule has 1 aliphatic carbocycles. The fourth-order valence-electron chi connectivity index (χ4n) is 3.53. The van der Waals surface area contributed by atoms with Crippen molar-refractivity contribution in [2.24, 2.45) is 5.92 Å². The molecule has 0 bridgehead atoms. The molecule has 1 fully saturated rings. The molecule has 0 unspecified atom stereocenters. The Balaban J connectivity index is 1.62. The van der Waals surface area contributed by atoms with Crippen LogP contribution in [0.2, 0.25) is 0 Å². The second-order valence-corrected chi connectivity index (χ2v) is 6.76. The van der Waals surface area contributed by atoms with Crippen LogP contribution in [0, 0.1) is 5.92 Å². The van der Waals surface area contributed by atoms with Crippen molar-refractivity contribution in [3.8, 4) is 16.9 Å². The van der Waals surface area contributed by atoms with Crippen molar-refractivity contribution in [1.82, 2.24) is 0 Å². The van der Waals surface area contributed by atoms with Crippen molar-refractivity contribution in [2.75, 3.05) is 0 Å². The van der Waals surface area contributed by atoms with Crippen molar-refractivity contribution in [1.29, 1.82) is 0 Å². The van der Waals surface area contributed by atoms with Gasteiger partial charge in [0.15, 0.2) is 5.43 Å². The van der Waals surface area contributed by atoms with Crippen molar-refractivity contribution < 1.29 is 13.9 Å². The lowest BCUT2D eigenvalue weighted by Crippen LogP contribution is -2.22. The van der Waals surface area contributed by atoms with E-state index in [2.05, 4.69) is 0 Å². The highest BCUT2D eigenvalue weighted by Crippen LogP contribution is 2.27. The molecule has 0 spiro atoms. The lowest BCUT2D eigenvalue weighted by Gasteiger charge is -2.19. The Kier molecular flexibility index (Phi) is 4.57. The van der Waals surface area contributed by atoms with Crippen LogP contribution in [0.5, 0.6) is 5.75 Å². The van der Waals surface area contributed by atoms with Gasteiger partial charge in [0.05, 0.1) is 16.9 Å². The average Bonchev–Trinajstić information content (AvgIpc) is 2.69. The molecule has 1 aromatic heterocycles. The Morgan fingerprint density at radius 1 is 1.00 bits per heavy atom. The molecule has 0 radical (unpaired) electrons. The van der Waals surface area contributed by atoms with E-state index in [0.717, 1.165) is 31.2 Å². The van der Waals surface area contributed by atoms with Gasteiger partial charge in [-0.15, -0.1) is 0 Å². The minimum Gasteiger partial charge on any atom is -0.463 e. The van der Waals surface area contributed by atoms with Crippen molar-refractivity contribution in [2.45, 2.75) is 32.1 Å². The number of rotatable bonds is 3. The first-order chi connectivity index (χ1) is 12.7. The fourth-order valence-corrected chi connectivity index (χ4v) is 3.53. The zero-order valence-electron chi connectivity index (χ0n) is 14.4. The number of ether oxygens (including phenoxy) is 1. The highest BCUT2D eigenvalue weighted by molar-refractivity contribution is 5.83. The van der Waals surface area contributed by atoms with E-state index in [1.165, 1.54) is 12.7 Å². The zero-order chi connectivity index (χ0) is 17.9. The fraction of sp³-hybridized carbons (Fsp3) is 0.273. The minimum absolute atomic E-state index is 0.0214. The monoisotopic (exact) mass is 348 g/mol. The summed E-state index contributed by atoms with van der Waals surface area (Å²) in [5.74, 6) is 0.211. The Morgan fingerprint density at radius 3 is 2.54 bits per heavy atom. The van der Waals surface area contributed by atoms with E-state index in [-0.39, 0.29) is 17.3 Å². The lowest BCUT2D eigenvalue weighted by atomic mass is 9.89. The van der Waals surface area contributed by atoms with Gasteiger partial charge in [0, 0.05) is 6.07 Å². The SMILES string of the molecule is O=C(Oc1ccc2c(=O)c(-c3ccccc3)coc2c1)C1CCCCC1. The van der Waals surface area contributed by atoms with Gasteiger partial charge in [0.25, 0.3) is 0 Å². The maximum Gasteiger partial charge on any atom is 0.314 e. The van der Waals surface area contributed by atoms with Gasteiger partial charge in [-0.25, -0.2) is 0 Å². The number of fused-ring (bicyclic) bond motifs is 1. The van der Waals surface area contributed by atoms with E-state index in [4.69, 9.17) is 9.15 Å². The summed E-state index contributed by atoms with van der Waals surface area (Å²) in [5.41, 5.74) is 1.66. The first-order valence-electron chi connectivity index (χ1n) is 9.05. The van der Waals surface area contributed by atoms with Crippen LogP contribution in [-0.2, 0) is 4.79 Å². The van der Waals surface area contributed by atoms with Crippen LogP contribution in [0.15, 0.2) is 64.0 Å². The molecule has 132 valence electrons. The molecule has 1 aliphatic rings. The molecular formula is C22H20O4. The highest BCUT2D eigenvalue weighted by Gasteiger charge is 2.23. The Morgan fingerprint density at radius 2 is 1.77 bits per heavy atom. The van der Waals surface area contributed by atoms with Crippen LogP contribution in [-0.4, -0.2) is 5.97 Å². The van der Waals surface area contributed by atoms with E-state index >= 15 is 0 Å². The van der Waals surface area contributed by atoms with Crippen molar-refractivity contribution in [3.63, 3.8) is 0 Å². The Hall–Kier alpha value is -2.88. The molecule has 0 amide bonds. The van der Waals surface area contributed by atoms with Gasteiger partial charge in [-0.1, -0.05) is 49.6 Å². The number of carbonyl (C=O) groups excluding carboxylic acids is 1. The normalized spacial score (nSPS) is 15.1. The van der Waals surface area contributed by atoms with E-state index in [1.807, 2.05) is 30.3 Å². The first-order valence-corrected chi connectivity index (χ1v) is 9.05. The lowest BCUT2D eigenvalue weighted by molar-refractivity contribution is -0.139.